The molecule has 1 aromatic carbocycles. The number of nitrogens with zero attached hydrogens (tertiary/aromatic N) is 5. The maximum atomic E-state index is 13.4. The van der Waals surface area contributed by atoms with Gasteiger partial charge in [-0.15, -0.1) is 0 Å². The van der Waals surface area contributed by atoms with Gasteiger partial charge in [0.2, 0.25) is 5.95 Å². The van der Waals surface area contributed by atoms with Crippen molar-refractivity contribution in [3.05, 3.63) is 52.8 Å². The van der Waals surface area contributed by atoms with Crippen molar-refractivity contribution >= 4 is 11.9 Å². The summed E-state index contributed by atoms with van der Waals surface area (Å²) in [4.78, 5) is 29.2. The van der Waals surface area contributed by atoms with Crippen molar-refractivity contribution in [1.29, 1.82) is 0 Å². The molecule has 4 atom stereocenters. The minimum absolute atomic E-state index is 0.0510. The van der Waals surface area contributed by atoms with Crippen LogP contribution in [0.15, 0.2) is 30.3 Å². The molecule has 0 spiro atoms. The van der Waals surface area contributed by atoms with Crippen molar-refractivity contribution in [3.8, 4) is 0 Å². The van der Waals surface area contributed by atoms with Gasteiger partial charge in [0.1, 0.15) is 0 Å². The number of likely N-dealkylation sites (tertiary alicyclic amines) is 2. The molecule has 3 N–H and O–H groups in total. The third kappa shape index (κ3) is 4.67. The summed E-state index contributed by atoms with van der Waals surface area (Å²) in [5.74, 6) is 1.70. The van der Waals surface area contributed by atoms with Crippen LogP contribution in [0.4, 0.5) is 5.95 Å². The fraction of sp³-hybridized carbons (Fsp3) is 0.577. The molecule has 1 aromatic heterocycles. The van der Waals surface area contributed by atoms with Crippen LogP contribution in [-0.2, 0) is 0 Å². The van der Waals surface area contributed by atoms with E-state index < -0.39 is 0 Å². The summed E-state index contributed by atoms with van der Waals surface area (Å²) in [5.41, 5.74) is 9.67. The van der Waals surface area contributed by atoms with E-state index in [9.17, 15) is 9.90 Å². The number of aromatic nitrogens is 2. The molecule has 1 amide bonds. The van der Waals surface area contributed by atoms with Crippen LogP contribution >= 0.6 is 0 Å². The van der Waals surface area contributed by atoms with E-state index in [0.29, 0.717) is 29.9 Å². The maximum Gasteiger partial charge on any atom is 0.257 e. The lowest BCUT2D eigenvalue weighted by atomic mass is 10.0. The number of hydrogen-bond acceptors (Lipinski definition) is 7. The first-order valence-electron chi connectivity index (χ1n) is 12.5. The maximum absolute atomic E-state index is 13.4. The molecule has 8 heteroatoms. The Bertz CT molecular complexity index is 994. The Hall–Kier alpha value is -2.55. The number of benzene rings is 1. The molecule has 3 unspecified atom stereocenters. The number of anilines is 1. The SMILES string of the molecule is Cc1nc(N2CCC(O)C2)nc(C)c1C(=O)N1CC2CN(CC[C@H](N)c3ccccc3)CC2C1. The van der Waals surface area contributed by atoms with Gasteiger partial charge in [-0.2, -0.15) is 0 Å². The van der Waals surface area contributed by atoms with Crippen molar-refractivity contribution in [2.24, 2.45) is 17.6 Å². The first-order valence-corrected chi connectivity index (χ1v) is 12.5. The quantitative estimate of drug-likeness (QED) is 0.672. The lowest BCUT2D eigenvalue weighted by Crippen LogP contribution is -2.35. The number of rotatable bonds is 6. The number of aliphatic hydroxyl groups is 1. The zero-order valence-corrected chi connectivity index (χ0v) is 20.2. The van der Waals surface area contributed by atoms with Gasteiger partial charge < -0.3 is 25.5 Å². The van der Waals surface area contributed by atoms with Gasteiger partial charge in [0, 0.05) is 45.3 Å². The van der Waals surface area contributed by atoms with Crippen molar-refractivity contribution in [2.75, 3.05) is 50.7 Å². The summed E-state index contributed by atoms with van der Waals surface area (Å²) >= 11 is 0. The molecule has 3 aliphatic heterocycles. The number of aliphatic hydroxyl groups excluding tert-OH is 1. The van der Waals surface area contributed by atoms with Gasteiger partial charge in [-0.3, -0.25) is 4.79 Å². The number of aryl methyl sites for hydroxylation is 2. The van der Waals surface area contributed by atoms with Crippen molar-refractivity contribution in [2.45, 2.75) is 38.8 Å². The van der Waals surface area contributed by atoms with E-state index in [1.807, 2.05) is 41.8 Å². The summed E-state index contributed by atoms with van der Waals surface area (Å²) in [6.45, 7) is 9.73. The molecule has 0 saturated carbocycles. The van der Waals surface area contributed by atoms with E-state index in [0.717, 1.165) is 63.5 Å². The van der Waals surface area contributed by atoms with E-state index in [2.05, 4.69) is 27.0 Å². The first-order chi connectivity index (χ1) is 16.4. The van der Waals surface area contributed by atoms with Crippen LogP contribution < -0.4 is 10.6 Å². The first kappa shape index (κ1) is 23.2. The molecule has 3 fully saturated rings. The fourth-order valence-electron chi connectivity index (χ4n) is 5.86. The Labute approximate surface area is 201 Å². The van der Waals surface area contributed by atoms with Crippen molar-refractivity contribution < 1.29 is 9.90 Å². The van der Waals surface area contributed by atoms with E-state index in [1.165, 1.54) is 5.56 Å². The average molecular weight is 465 g/mol. The molecule has 182 valence electrons. The van der Waals surface area contributed by atoms with Crippen LogP contribution in [0, 0.1) is 25.7 Å². The molecule has 5 rings (SSSR count). The summed E-state index contributed by atoms with van der Waals surface area (Å²) < 4.78 is 0. The lowest BCUT2D eigenvalue weighted by molar-refractivity contribution is 0.0771. The smallest absolute Gasteiger partial charge is 0.257 e. The highest BCUT2D eigenvalue weighted by atomic mass is 16.3. The second-order valence-corrected chi connectivity index (χ2v) is 10.3. The predicted octanol–water partition coefficient (Wildman–Crippen LogP) is 1.76. The van der Waals surface area contributed by atoms with Crippen LogP contribution in [0.3, 0.4) is 0 Å². The minimum atomic E-state index is -0.330. The summed E-state index contributed by atoms with van der Waals surface area (Å²) in [5, 5.41) is 9.83. The highest BCUT2D eigenvalue weighted by Crippen LogP contribution is 2.33. The molecule has 0 radical (unpaired) electrons. The minimum Gasteiger partial charge on any atom is -0.391 e. The van der Waals surface area contributed by atoms with Crippen molar-refractivity contribution in [3.63, 3.8) is 0 Å². The van der Waals surface area contributed by atoms with E-state index in [1.54, 1.807) is 0 Å². The Morgan fingerprint density at radius 2 is 1.71 bits per heavy atom. The van der Waals surface area contributed by atoms with Gasteiger partial charge in [-0.05, 0) is 50.6 Å². The number of carbonyl (C=O) groups is 1. The summed E-state index contributed by atoms with van der Waals surface area (Å²) in [6.07, 6.45) is 1.35. The average Bonchev–Trinajstić information content (AvgIpc) is 3.52. The van der Waals surface area contributed by atoms with Crippen LogP contribution in [0.5, 0.6) is 0 Å². The number of hydrogen-bond donors (Lipinski definition) is 2. The molecule has 3 aliphatic rings. The van der Waals surface area contributed by atoms with E-state index in [4.69, 9.17) is 5.73 Å². The summed E-state index contributed by atoms with van der Waals surface area (Å²) in [7, 11) is 0. The molecule has 8 nitrogen and oxygen atoms in total. The van der Waals surface area contributed by atoms with Crippen LogP contribution in [0.2, 0.25) is 0 Å². The Kier molecular flexibility index (Phi) is 6.55. The standard InChI is InChI=1S/C26H36N6O2/c1-17-24(18(2)29-26(28-17)31-11-8-22(33)16-31)25(34)32-14-20-12-30(13-21(20)15-32)10-9-23(27)19-6-4-3-5-7-19/h3-7,20-23,33H,8-16,27H2,1-2H3/t20?,21?,22?,23-/m0/s1. The molecular weight excluding hydrogens is 428 g/mol. The molecular formula is C26H36N6O2. The third-order valence-corrected chi connectivity index (χ3v) is 7.75. The number of amides is 1. The van der Waals surface area contributed by atoms with Crippen LogP contribution in [0.25, 0.3) is 0 Å². The number of carbonyl (C=O) groups excluding carboxylic acids is 1. The Morgan fingerprint density at radius 3 is 2.29 bits per heavy atom. The van der Waals surface area contributed by atoms with Gasteiger partial charge in [0.25, 0.3) is 5.91 Å². The second kappa shape index (κ2) is 9.60. The number of β-amino-alcohol motifs (C(OH)–C–C–N with tert-alkyl or cyclic N) is 1. The molecule has 34 heavy (non-hydrogen) atoms. The van der Waals surface area contributed by atoms with Gasteiger partial charge >= 0.3 is 0 Å². The highest BCUT2D eigenvalue weighted by molar-refractivity contribution is 5.96. The van der Waals surface area contributed by atoms with Crippen molar-refractivity contribution in [1.82, 2.24) is 19.8 Å². The lowest BCUT2D eigenvalue weighted by Gasteiger charge is -2.24. The summed E-state index contributed by atoms with van der Waals surface area (Å²) in [6, 6.07) is 10.4. The molecule has 0 bridgehead atoms. The topological polar surface area (TPSA) is 98.8 Å². The predicted molar refractivity (Wildman–Crippen MR) is 132 cm³/mol. The molecule has 0 aliphatic carbocycles. The third-order valence-electron chi connectivity index (χ3n) is 7.75. The van der Waals surface area contributed by atoms with Gasteiger partial charge in [-0.25, -0.2) is 9.97 Å². The monoisotopic (exact) mass is 464 g/mol. The van der Waals surface area contributed by atoms with Gasteiger partial charge in [0.05, 0.1) is 23.1 Å². The normalized spacial score (nSPS) is 25.7. The van der Waals surface area contributed by atoms with Gasteiger partial charge in [-0.1, -0.05) is 30.3 Å². The number of fused-ring (bicyclic) bond motifs is 1. The highest BCUT2D eigenvalue weighted by Gasteiger charge is 2.42. The molecule has 3 saturated heterocycles. The molecule has 2 aromatic rings. The van der Waals surface area contributed by atoms with Crippen LogP contribution in [-0.4, -0.2) is 82.7 Å². The van der Waals surface area contributed by atoms with E-state index in [-0.39, 0.29) is 18.1 Å². The van der Waals surface area contributed by atoms with Crippen LogP contribution in [0.1, 0.15) is 46.2 Å². The zero-order chi connectivity index (χ0) is 23.8. The fourth-order valence-corrected chi connectivity index (χ4v) is 5.86. The van der Waals surface area contributed by atoms with Gasteiger partial charge in [0.15, 0.2) is 0 Å². The number of nitrogens with two attached hydrogens (primary N) is 1. The largest absolute Gasteiger partial charge is 0.391 e. The molecule has 4 heterocycles. The second-order valence-electron chi connectivity index (χ2n) is 10.3. The Morgan fingerprint density at radius 1 is 1.06 bits per heavy atom. The zero-order valence-electron chi connectivity index (χ0n) is 20.2. The van der Waals surface area contributed by atoms with E-state index >= 15 is 0 Å². The Balaban J connectivity index is 1.17.